The Bertz CT molecular complexity index is 2800. The first-order chi connectivity index (χ1) is 25.2. The summed E-state index contributed by atoms with van der Waals surface area (Å²) in [4.78, 5) is 7.23. The van der Waals surface area contributed by atoms with Crippen LogP contribution in [0.1, 0.15) is 0 Å². The minimum atomic E-state index is 0.579. The molecule has 0 fully saturated rings. The summed E-state index contributed by atoms with van der Waals surface area (Å²) in [6, 6.07) is 63.4. The zero-order valence-corrected chi connectivity index (χ0v) is 27.5. The molecule has 2 aromatic heterocycles. The van der Waals surface area contributed by atoms with Crippen LogP contribution in [0.5, 0.6) is 0 Å². The van der Waals surface area contributed by atoms with Crippen molar-refractivity contribution < 1.29 is 8.83 Å². The van der Waals surface area contributed by atoms with Crippen LogP contribution in [0.25, 0.3) is 77.5 Å². The highest BCUT2D eigenvalue weighted by Crippen LogP contribution is 2.42. The molecule has 0 saturated carbocycles. The smallest absolute Gasteiger partial charge is 0.228 e. The lowest BCUT2D eigenvalue weighted by Gasteiger charge is -2.26. The van der Waals surface area contributed by atoms with E-state index in [1.165, 1.54) is 16.7 Å². The molecular weight excluding hydrogens is 625 g/mol. The predicted molar refractivity (Wildman–Crippen MR) is 210 cm³/mol. The van der Waals surface area contributed by atoms with Crippen LogP contribution in [0.3, 0.4) is 0 Å². The van der Waals surface area contributed by atoms with Crippen molar-refractivity contribution in [1.29, 1.82) is 0 Å². The van der Waals surface area contributed by atoms with Gasteiger partial charge in [0.15, 0.2) is 5.58 Å². The number of aromatic nitrogens is 1. The summed E-state index contributed by atoms with van der Waals surface area (Å²) in [5, 5.41) is 4.26. The molecule has 0 aliphatic rings. The second-order valence-electron chi connectivity index (χ2n) is 12.8. The Hall–Kier alpha value is -6.91. The number of hydrogen-bond acceptors (Lipinski definition) is 4. The minimum absolute atomic E-state index is 0.579. The fraction of sp³-hybridized carbons (Fsp3) is 0. The number of rotatable bonds is 6. The van der Waals surface area contributed by atoms with E-state index in [0.717, 1.165) is 72.0 Å². The molecule has 0 aliphatic carbocycles. The fourth-order valence-electron chi connectivity index (χ4n) is 7.20. The fourth-order valence-corrected chi connectivity index (χ4v) is 7.20. The van der Waals surface area contributed by atoms with Gasteiger partial charge in [-0.15, -0.1) is 0 Å². The molecule has 2 heterocycles. The summed E-state index contributed by atoms with van der Waals surface area (Å²) in [7, 11) is 0. The van der Waals surface area contributed by atoms with Gasteiger partial charge in [0.2, 0.25) is 5.89 Å². The molecule has 0 amide bonds. The topological polar surface area (TPSA) is 42.4 Å². The lowest BCUT2D eigenvalue weighted by molar-refractivity contribution is 0.620. The van der Waals surface area contributed by atoms with Crippen LogP contribution in [-0.4, -0.2) is 4.98 Å². The van der Waals surface area contributed by atoms with Crippen molar-refractivity contribution in [3.8, 4) is 33.7 Å². The molecule has 0 unspecified atom stereocenters. The van der Waals surface area contributed by atoms with Gasteiger partial charge in [0.05, 0.1) is 0 Å². The zero-order valence-electron chi connectivity index (χ0n) is 27.5. The van der Waals surface area contributed by atoms with Crippen molar-refractivity contribution in [2.75, 3.05) is 4.90 Å². The molecule has 4 heteroatoms. The lowest BCUT2D eigenvalue weighted by atomic mass is 10.0. The van der Waals surface area contributed by atoms with Gasteiger partial charge in [-0.2, -0.15) is 0 Å². The van der Waals surface area contributed by atoms with Crippen LogP contribution < -0.4 is 4.90 Å². The first-order valence-electron chi connectivity index (χ1n) is 17.1. The second kappa shape index (κ2) is 11.9. The van der Waals surface area contributed by atoms with E-state index in [9.17, 15) is 0 Å². The van der Waals surface area contributed by atoms with Crippen LogP contribution in [0.15, 0.2) is 191 Å². The summed E-state index contributed by atoms with van der Waals surface area (Å²) < 4.78 is 13.0. The molecule has 0 aliphatic heterocycles. The average molecular weight is 655 g/mol. The average Bonchev–Trinajstić information content (AvgIpc) is 3.79. The van der Waals surface area contributed by atoms with Gasteiger partial charge in [0.1, 0.15) is 16.7 Å². The molecular formula is C47H30N2O2. The van der Waals surface area contributed by atoms with E-state index in [0.29, 0.717) is 5.89 Å². The molecule has 51 heavy (non-hydrogen) atoms. The third-order valence-electron chi connectivity index (χ3n) is 9.67. The number of oxazole rings is 1. The maximum absolute atomic E-state index is 6.59. The minimum Gasteiger partial charge on any atom is -0.456 e. The van der Waals surface area contributed by atoms with E-state index >= 15 is 0 Å². The van der Waals surface area contributed by atoms with E-state index in [2.05, 4.69) is 150 Å². The Morgan fingerprint density at radius 1 is 0.392 bits per heavy atom. The summed E-state index contributed by atoms with van der Waals surface area (Å²) in [6.45, 7) is 0. The van der Waals surface area contributed by atoms with Gasteiger partial charge in [0.25, 0.3) is 0 Å². The van der Waals surface area contributed by atoms with E-state index in [4.69, 9.17) is 13.8 Å². The summed E-state index contributed by atoms with van der Waals surface area (Å²) in [5.41, 5.74) is 11.9. The van der Waals surface area contributed by atoms with Crippen LogP contribution in [0.2, 0.25) is 0 Å². The molecule has 0 N–H and O–H groups in total. The van der Waals surface area contributed by atoms with Crippen molar-refractivity contribution in [3.63, 3.8) is 0 Å². The van der Waals surface area contributed by atoms with Gasteiger partial charge >= 0.3 is 0 Å². The number of anilines is 3. The Morgan fingerprint density at radius 3 is 1.80 bits per heavy atom. The number of nitrogens with zero attached hydrogens (tertiary/aromatic N) is 2. The third kappa shape index (κ3) is 5.13. The molecule has 10 rings (SSSR count). The molecule has 0 radical (unpaired) electrons. The molecule has 0 spiro atoms. The third-order valence-corrected chi connectivity index (χ3v) is 9.67. The summed E-state index contributed by atoms with van der Waals surface area (Å²) in [5.74, 6) is 0.579. The van der Waals surface area contributed by atoms with Crippen molar-refractivity contribution in [1.82, 2.24) is 4.98 Å². The molecule has 8 aromatic carbocycles. The van der Waals surface area contributed by atoms with Crippen molar-refractivity contribution in [2.24, 2.45) is 0 Å². The Morgan fingerprint density at radius 2 is 1.02 bits per heavy atom. The number of benzene rings is 8. The molecule has 0 saturated heterocycles. The standard InChI is InChI=1S/C47H30N2O2/c1-3-11-31(12-4-1)33-21-23-37(24-22-33)49(38-18-9-17-34(27-38)32-13-5-2-6-14-32)39-25-26-40-44(30-39)50-43-20-10-19-41(46(40)43)47-48-42-28-35-15-7-8-16-36(35)29-45(42)51-47/h1-30H. The van der Waals surface area contributed by atoms with Crippen molar-refractivity contribution >= 4 is 60.9 Å². The number of hydrogen-bond donors (Lipinski definition) is 0. The first kappa shape index (κ1) is 29.0. The highest BCUT2D eigenvalue weighted by molar-refractivity contribution is 6.12. The summed E-state index contributed by atoms with van der Waals surface area (Å²) in [6.07, 6.45) is 0. The van der Waals surface area contributed by atoms with Crippen LogP contribution in [0, 0.1) is 0 Å². The molecule has 0 atom stereocenters. The Balaban J connectivity index is 1.11. The lowest BCUT2D eigenvalue weighted by Crippen LogP contribution is -2.10. The Labute approximate surface area is 294 Å². The van der Waals surface area contributed by atoms with Crippen molar-refractivity contribution in [2.45, 2.75) is 0 Å². The second-order valence-corrected chi connectivity index (χ2v) is 12.8. The number of furan rings is 1. The van der Waals surface area contributed by atoms with Gasteiger partial charge < -0.3 is 13.7 Å². The van der Waals surface area contributed by atoms with Gasteiger partial charge in [-0.3, -0.25) is 0 Å². The molecule has 10 aromatic rings. The molecule has 0 bridgehead atoms. The highest BCUT2D eigenvalue weighted by Gasteiger charge is 2.20. The van der Waals surface area contributed by atoms with Gasteiger partial charge in [-0.1, -0.05) is 115 Å². The zero-order chi connectivity index (χ0) is 33.7. The molecule has 240 valence electrons. The Kier molecular flexibility index (Phi) is 6.78. The predicted octanol–water partition coefficient (Wildman–Crippen LogP) is 13.4. The highest BCUT2D eigenvalue weighted by atomic mass is 16.3. The summed E-state index contributed by atoms with van der Waals surface area (Å²) >= 11 is 0. The largest absolute Gasteiger partial charge is 0.456 e. The van der Waals surface area contributed by atoms with Gasteiger partial charge in [-0.05, 0) is 93.7 Å². The van der Waals surface area contributed by atoms with E-state index in [1.54, 1.807) is 0 Å². The monoisotopic (exact) mass is 654 g/mol. The SMILES string of the molecule is c1ccc(-c2ccc(N(c3cccc(-c4ccccc4)c3)c3ccc4c(c3)oc3cccc(-c5nc6cc7ccccc7cc6o5)c34)cc2)cc1. The first-order valence-corrected chi connectivity index (χ1v) is 17.1. The maximum Gasteiger partial charge on any atom is 0.228 e. The van der Waals surface area contributed by atoms with Crippen molar-refractivity contribution in [3.05, 3.63) is 182 Å². The van der Waals surface area contributed by atoms with Crippen LogP contribution in [0.4, 0.5) is 17.1 Å². The van der Waals surface area contributed by atoms with Gasteiger partial charge in [0, 0.05) is 39.5 Å². The van der Waals surface area contributed by atoms with Crippen LogP contribution >= 0.6 is 0 Å². The quantitative estimate of drug-likeness (QED) is 0.179. The normalized spacial score (nSPS) is 11.5. The molecule has 4 nitrogen and oxygen atoms in total. The van der Waals surface area contributed by atoms with Crippen LogP contribution in [-0.2, 0) is 0 Å². The number of fused-ring (bicyclic) bond motifs is 5. The van der Waals surface area contributed by atoms with E-state index in [-0.39, 0.29) is 0 Å². The van der Waals surface area contributed by atoms with E-state index in [1.807, 2.05) is 36.4 Å². The van der Waals surface area contributed by atoms with E-state index < -0.39 is 0 Å². The van der Waals surface area contributed by atoms with Gasteiger partial charge in [-0.25, -0.2) is 4.98 Å². The maximum atomic E-state index is 6.59.